The number of hydrogen-bond donors (Lipinski definition) is 1. The normalized spacial score (nSPS) is 11.1. The zero-order valence-electron chi connectivity index (χ0n) is 14.1. The number of rotatable bonds is 6. The van der Waals surface area contributed by atoms with Crippen molar-refractivity contribution in [2.75, 3.05) is 6.61 Å². The zero-order valence-corrected chi connectivity index (χ0v) is 14.1. The summed E-state index contributed by atoms with van der Waals surface area (Å²) in [6.45, 7) is 7.23. The highest BCUT2D eigenvalue weighted by molar-refractivity contribution is 5.80. The van der Waals surface area contributed by atoms with Crippen molar-refractivity contribution in [3.05, 3.63) is 47.5 Å². The largest absolute Gasteiger partial charge is 0.494 e. The van der Waals surface area contributed by atoms with Crippen molar-refractivity contribution in [1.29, 1.82) is 0 Å². The summed E-state index contributed by atoms with van der Waals surface area (Å²) in [7, 11) is 0. The Morgan fingerprint density at radius 3 is 2.48 bits per heavy atom. The predicted octanol–water partition coefficient (Wildman–Crippen LogP) is 5.42. The molecule has 0 aliphatic carbocycles. The number of aromatic nitrogens is 2. The van der Waals surface area contributed by atoms with E-state index in [1.807, 2.05) is 18.2 Å². The van der Waals surface area contributed by atoms with Crippen molar-refractivity contribution in [1.82, 2.24) is 9.97 Å². The smallest absolute Gasteiger partial charge is 0.139 e. The predicted molar refractivity (Wildman–Crippen MR) is 96.0 cm³/mol. The van der Waals surface area contributed by atoms with Gasteiger partial charge in [0.15, 0.2) is 0 Å². The summed E-state index contributed by atoms with van der Waals surface area (Å²) in [6, 6.07) is 12.4. The Kier molecular flexibility index (Phi) is 4.65. The number of nitrogens with zero attached hydrogens (tertiary/aromatic N) is 1. The summed E-state index contributed by atoms with van der Waals surface area (Å²) in [6.07, 6.45) is 3.54. The molecule has 2 aromatic carbocycles. The number of imidazole rings is 1. The van der Waals surface area contributed by atoms with Gasteiger partial charge in [0.25, 0.3) is 0 Å². The molecule has 23 heavy (non-hydrogen) atoms. The molecule has 0 bridgehead atoms. The third-order valence-electron chi connectivity index (χ3n) is 4.15. The summed E-state index contributed by atoms with van der Waals surface area (Å²) in [5, 5.41) is 0. The summed E-state index contributed by atoms with van der Waals surface area (Å²) >= 11 is 0. The monoisotopic (exact) mass is 308 g/mol. The molecule has 0 unspecified atom stereocenters. The second-order valence-corrected chi connectivity index (χ2v) is 6.09. The minimum absolute atomic E-state index is 0.788. The van der Waals surface area contributed by atoms with Crippen LogP contribution in [-0.2, 0) is 0 Å². The molecule has 1 aromatic heterocycles. The summed E-state index contributed by atoms with van der Waals surface area (Å²) in [5.74, 6) is 1.88. The van der Waals surface area contributed by atoms with E-state index < -0.39 is 0 Å². The topological polar surface area (TPSA) is 37.9 Å². The quantitative estimate of drug-likeness (QED) is 0.618. The lowest BCUT2D eigenvalue weighted by atomic mass is 10.0. The van der Waals surface area contributed by atoms with Crippen molar-refractivity contribution in [3.63, 3.8) is 0 Å². The molecule has 0 spiro atoms. The first-order valence-corrected chi connectivity index (χ1v) is 8.38. The van der Waals surface area contributed by atoms with Gasteiger partial charge in [-0.15, -0.1) is 0 Å². The van der Waals surface area contributed by atoms with Crippen LogP contribution in [0.25, 0.3) is 22.4 Å². The molecule has 120 valence electrons. The average molecular weight is 308 g/mol. The van der Waals surface area contributed by atoms with Gasteiger partial charge in [-0.05, 0) is 55.7 Å². The lowest BCUT2D eigenvalue weighted by Gasteiger charge is -2.12. The first kappa shape index (κ1) is 15.6. The van der Waals surface area contributed by atoms with Gasteiger partial charge in [0.2, 0.25) is 0 Å². The average Bonchev–Trinajstić information content (AvgIpc) is 2.94. The highest BCUT2D eigenvalue weighted by Crippen LogP contribution is 2.30. The lowest BCUT2D eigenvalue weighted by molar-refractivity contribution is 0.306. The second kappa shape index (κ2) is 6.86. The van der Waals surface area contributed by atoms with Gasteiger partial charge in [-0.2, -0.15) is 0 Å². The Morgan fingerprint density at radius 1 is 1.04 bits per heavy atom. The first-order valence-electron chi connectivity index (χ1n) is 8.38. The minimum Gasteiger partial charge on any atom is -0.494 e. The van der Waals surface area contributed by atoms with E-state index >= 15 is 0 Å². The van der Waals surface area contributed by atoms with E-state index in [4.69, 9.17) is 9.72 Å². The number of ether oxygens (including phenoxy) is 1. The molecule has 0 saturated heterocycles. The number of fused-ring (bicyclic) bond motifs is 1. The number of aryl methyl sites for hydroxylation is 2. The molecule has 3 aromatic rings. The van der Waals surface area contributed by atoms with Crippen LogP contribution < -0.4 is 4.74 Å². The summed E-state index contributed by atoms with van der Waals surface area (Å²) in [4.78, 5) is 8.15. The molecular weight excluding hydrogens is 284 g/mol. The van der Waals surface area contributed by atoms with Gasteiger partial charge >= 0.3 is 0 Å². The number of aromatic amines is 1. The molecule has 0 aliphatic heterocycles. The van der Waals surface area contributed by atoms with E-state index in [0.717, 1.165) is 35.6 Å². The van der Waals surface area contributed by atoms with E-state index in [-0.39, 0.29) is 0 Å². The maximum atomic E-state index is 5.89. The Hall–Kier alpha value is -2.29. The Labute approximate surface area is 137 Å². The minimum atomic E-state index is 0.788. The Morgan fingerprint density at radius 2 is 1.78 bits per heavy atom. The molecule has 3 nitrogen and oxygen atoms in total. The molecule has 1 heterocycles. The van der Waals surface area contributed by atoms with Crippen LogP contribution in [0.2, 0.25) is 0 Å². The molecule has 3 heteroatoms. The van der Waals surface area contributed by atoms with Crippen LogP contribution in [-0.4, -0.2) is 16.6 Å². The number of nitrogens with one attached hydrogen (secondary N) is 1. The molecule has 1 N–H and O–H groups in total. The third kappa shape index (κ3) is 3.39. The van der Waals surface area contributed by atoms with Crippen LogP contribution in [0.4, 0.5) is 0 Å². The van der Waals surface area contributed by atoms with Crippen LogP contribution in [0.5, 0.6) is 5.75 Å². The van der Waals surface area contributed by atoms with Gasteiger partial charge < -0.3 is 9.72 Å². The molecule has 3 rings (SSSR count). The van der Waals surface area contributed by atoms with Crippen molar-refractivity contribution in [3.8, 4) is 17.1 Å². The summed E-state index contributed by atoms with van der Waals surface area (Å²) in [5.41, 5.74) is 5.62. The van der Waals surface area contributed by atoms with Crippen molar-refractivity contribution < 1.29 is 4.74 Å². The highest BCUT2D eigenvalue weighted by atomic mass is 16.5. The van der Waals surface area contributed by atoms with Gasteiger partial charge in [-0.1, -0.05) is 31.9 Å². The molecule has 0 atom stereocenters. The van der Waals surface area contributed by atoms with Crippen molar-refractivity contribution >= 4 is 11.0 Å². The van der Waals surface area contributed by atoms with E-state index in [9.17, 15) is 0 Å². The fraction of sp³-hybridized carbons (Fsp3) is 0.350. The lowest BCUT2D eigenvalue weighted by Crippen LogP contribution is -1.99. The number of unbranched alkanes of at least 4 members (excludes halogenated alkanes) is 2. The highest BCUT2D eigenvalue weighted by Gasteiger charge is 2.12. The summed E-state index contributed by atoms with van der Waals surface area (Å²) < 4.78 is 5.89. The maximum absolute atomic E-state index is 5.89. The van der Waals surface area contributed by atoms with Gasteiger partial charge in [0, 0.05) is 5.56 Å². The molecule has 0 saturated carbocycles. The fourth-order valence-corrected chi connectivity index (χ4v) is 2.99. The number of hydrogen-bond acceptors (Lipinski definition) is 2. The van der Waals surface area contributed by atoms with Crippen LogP contribution in [0.3, 0.4) is 0 Å². The fourth-order valence-electron chi connectivity index (χ4n) is 2.99. The Balaban J connectivity index is 1.87. The van der Waals surface area contributed by atoms with Gasteiger partial charge in [-0.25, -0.2) is 4.98 Å². The SMILES string of the molecule is CCCCCOc1cc(C)c(-c2nc3ccccc3[nH]2)c(C)c1. The van der Waals surface area contributed by atoms with Crippen LogP contribution >= 0.6 is 0 Å². The van der Waals surface area contributed by atoms with Crippen LogP contribution in [0.15, 0.2) is 36.4 Å². The molecular formula is C20H24N2O. The maximum Gasteiger partial charge on any atom is 0.139 e. The van der Waals surface area contributed by atoms with Gasteiger partial charge in [0.05, 0.1) is 17.6 Å². The molecule has 0 amide bonds. The second-order valence-electron chi connectivity index (χ2n) is 6.09. The van der Waals surface area contributed by atoms with Crippen molar-refractivity contribution in [2.45, 2.75) is 40.0 Å². The van der Waals surface area contributed by atoms with Gasteiger partial charge in [-0.3, -0.25) is 0 Å². The van der Waals surface area contributed by atoms with E-state index in [0.29, 0.717) is 0 Å². The number of para-hydroxylation sites is 2. The third-order valence-corrected chi connectivity index (χ3v) is 4.15. The van der Waals surface area contributed by atoms with Crippen LogP contribution in [0, 0.1) is 13.8 Å². The van der Waals surface area contributed by atoms with Crippen LogP contribution in [0.1, 0.15) is 37.3 Å². The van der Waals surface area contributed by atoms with E-state index in [2.05, 4.69) is 44.0 Å². The zero-order chi connectivity index (χ0) is 16.2. The van der Waals surface area contributed by atoms with E-state index in [1.165, 1.54) is 29.5 Å². The number of H-pyrrole nitrogens is 1. The molecule has 0 aliphatic rings. The Bertz CT molecular complexity index is 748. The van der Waals surface area contributed by atoms with Gasteiger partial charge in [0.1, 0.15) is 11.6 Å². The van der Waals surface area contributed by atoms with E-state index in [1.54, 1.807) is 0 Å². The van der Waals surface area contributed by atoms with Crippen molar-refractivity contribution in [2.24, 2.45) is 0 Å². The standard InChI is InChI=1S/C20H24N2O/c1-4-5-8-11-23-16-12-14(2)19(15(3)13-16)20-21-17-9-6-7-10-18(17)22-20/h6-7,9-10,12-13H,4-5,8,11H2,1-3H3,(H,21,22). The molecule has 0 radical (unpaired) electrons. The first-order chi connectivity index (χ1) is 11.2. The number of benzene rings is 2. The molecule has 0 fully saturated rings.